The number of amides is 1. The summed E-state index contributed by atoms with van der Waals surface area (Å²) in [7, 11) is 3.38. The highest BCUT2D eigenvalue weighted by molar-refractivity contribution is 5.77. The SMILES string of the molecule is Cc1cc([C@@H](C)O)ccc1OCC(=O)N(C)C. The summed E-state index contributed by atoms with van der Waals surface area (Å²) in [6, 6.07) is 5.44. The molecule has 0 bridgehead atoms. The molecular weight excluding hydrogens is 218 g/mol. The summed E-state index contributed by atoms with van der Waals surface area (Å²) in [6.45, 7) is 3.63. The number of hydrogen-bond donors (Lipinski definition) is 1. The van der Waals surface area contributed by atoms with Crippen LogP contribution in [0.3, 0.4) is 0 Å². The Balaban J connectivity index is 2.70. The molecule has 0 aliphatic carbocycles. The average Bonchev–Trinajstić information content (AvgIpc) is 2.26. The van der Waals surface area contributed by atoms with Crippen molar-refractivity contribution in [1.82, 2.24) is 4.90 Å². The van der Waals surface area contributed by atoms with Crippen molar-refractivity contribution in [3.63, 3.8) is 0 Å². The van der Waals surface area contributed by atoms with Gasteiger partial charge in [-0.2, -0.15) is 0 Å². The normalized spacial score (nSPS) is 12.1. The Hall–Kier alpha value is -1.55. The number of aliphatic hydroxyl groups excluding tert-OH is 1. The minimum atomic E-state index is -0.494. The maximum Gasteiger partial charge on any atom is 0.259 e. The minimum absolute atomic E-state index is 0.0296. The summed E-state index contributed by atoms with van der Waals surface area (Å²) in [5.41, 5.74) is 1.75. The molecule has 1 rings (SSSR count). The van der Waals surface area contributed by atoms with Gasteiger partial charge < -0.3 is 14.7 Å². The molecule has 0 unspecified atom stereocenters. The zero-order valence-electron chi connectivity index (χ0n) is 10.7. The van der Waals surface area contributed by atoms with Gasteiger partial charge in [0.05, 0.1) is 6.10 Å². The molecular formula is C13H19NO3. The Morgan fingerprint density at radius 1 is 1.47 bits per heavy atom. The molecule has 4 nitrogen and oxygen atoms in total. The Morgan fingerprint density at radius 3 is 2.59 bits per heavy atom. The number of hydrogen-bond acceptors (Lipinski definition) is 3. The first-order chi connectivity index (χ1) is 7.91. The lowest BCUT2D eigenvalue weighted by Gasteiger charge is -2.14. The summed E-state index contributed by atoms with van der Waals surface area (Å²) in [5, 5.41) is 9.43. The smallest absolute Gasteiger partial charge is 0.259 e. The number of likely N-dealkylation sites (N-methyl/N-ethyl adjacent to an activating group) is 1. The lowest BCUT2D eigenvalue weighted by atomic mass is 10.1. The lowest BCUT2D eigenvalue weighted by molar-refractivity contribution is -0.130. The number of carbonyl (C=O) groups is 1. The van der Waals surface area contributed by atoms with E-state index in [1.165, 1.54) is 4.90 Å². The summed E-state index contributed by atoms with van der Waals surface area (Å²) in [4.78, 5) is 12.8. The number of carbonyl (C=O) groups excluding carboxylic acids is 1. The van der Waals surface area contributed by atoms with Gasteiger partial charge in [0.15, 0.2) is 6.61 Å². The largest absolute Gasteiger partial charge is 0.484 e. The molecule has 0 saturated heterocycles. The van der Waals surface area contributed by atoms with Crippen LogP contribution in [-0.2, 0) is 4.79 Å². The van der Waals surface area contributed by atoms with Gasteiger partial charge >= 0.3 is 0 Å². The van der Waals surface area contributed by atoms with Crippen LogP contribution in [-0.4, -0.2) is 36.6 Å². The molecule has 0 radical (unpaired) electrons. The van der Waals surface area contributed by atoms with E-state index in [2.05, 4.69) is 0 Å². The third kappa shape index (κ3) is 3.75. The van der Waals surface area contributed by atoms with Crippen LogP contribution in [0.5, 0.6) is 5.75 Å². The molecule has 0 spiro atoms. The molecule has 0 fully saturated rings. The zero-order valence-corrected chi connectivity index (χ0v) is 10.7. The van der Waals surface area contributed by atoms with Crippen LogP contribution in [0.2, 0.25) is 0 Å². The van der Waals surface area contributed by atoms with Crippen molar-refractivity contribution in [2.24, 2.45) is 0 Å². The third-order valence-corrected chi connectivity index (χ3v) is 2.53. The second-order valence-electron chi connectivity index (χ2n) is 4.28. The van der Waals surface area contributed by atoms with E-state index in [0.29, 0.717) is 5.75 Å². The molecule has 1 aromatic carbocycles. The van der Waals surface area contributed by atoms with E-state index in [-0.39, 0.29) is 12.5 Å². The maximum absolute atomic E-state index is 11.4. The molecule has 1 atom stereocenters. The van der Waals surface area contributed by atoms with Crippen molar-refractivity contribution in [3.05, 3.63) is 29.3 Å². The summed E-state index contributed by atoms with van der Waals surface area (Å²) in [6.07, 6.45) is -0.494. The van der Waals surface area contributed by atoms with Crippen molar-refractivity contribution in [2.75, 3.05) is 20.7 Å². The van der Waals surface area contributed by atoms with E-state index in [4.69, 9.17) is 4.74 Å². The number of ether oxygens (including phenoxy) is 1. The van der Waals surface area contributed by atoms with Gasteiger partial charge in [0.25, 0.3) is 5.91 Å². The molecule has 94 valence electrons. The first-order valence-corrected chi connectivity index (χ1v) is 5.53. The highest BCUT2D eigenvalue weighted by atomic mass is 16.5. The highest BCUT2D eigenvalue weighted by Crippen LogP contribution is 2.22. The molecule has 0 heterocycles. The van der Waals surface area contributed by atoms with Crippen LogP contribution < -0.4 is 4.74 Å². The average molecular weight is 237 g/mol. The fourth-order valence-electron chi connectivity index (χ4n) is 1.36. The van der Waals surface area contributed by atoms with Crippen LogP contribution in [0, 0.1) is 6.92 Å². The predicted molar refractivity (Wildman–Crippen MR) is 66.0 cm³/mol. The van der Waals surface area contributed by atoms with Gasteiger partial charge in [0, 0.05) is 14.1 Å². The fourth-order valence-corrected chi connectivity index (χ4v) is 1.36. The van der Waals surface area contributed by atoms with Crippen LogP contribution in [0.4, 0.5) is 0 Å². The van der Waals surface area contributed by atoms with Gasteiger partial charge in [-0.25, -0.2) is 0 Å². The molecule has 17 heavy (non-hydrogen) atoms. The second-order valence-corrected chi connectivity index (χ2v) is 4.28. The van der Waals surface area contributed by atoms with Crippen LogP contribution >= 0.6 is 0 Å². The van der Waals surface area contributed by atoms with E-state index in [1.807, 2.05) is 13.0 Å². The molecule has 1 amide bonds. The standard InChI is InChI=1S/C13H19NO3/c1-9-7-11(10(2)15)5-6-12(9)17-8-13(16)14(3)4/h5-7,10,15H,8H2,1-4H3/t10-/m1/s1. The number of benzene rings is 1. The van der Waals surface area contributed by atoms with E-state index >= 15 is 0 Å². The van der Waals surface area contributed by atoms with Gasteiger partial charge in [0.2, 0.25) is 0 Å². The topological polar surface area (TPSA) is 49.8 Å². The quantitative estimate of drug-likeness (QED) is 0.863. The van der Waals surface area contributed by atoms with Crippen LogP contribution in [0.1, 0.15) is 24.2 Å². The van der Waals surface area contributed by atoms with E-state index in [9.17, 15) is 9.90 Å². The number of aliphatic hydroxyl groups is 1. The number of aryl methyl sites for hydroxylation is 1. The first kappa shape index (κ1) is 13.5. The molecule has 0 saturated carbocycles. The molecule has 0 aromatic heterocycles. The summed E-state index contributed by atoms with van der Waals surface area (Å²) >= 11 is 0. The van der Waals surface area contributed by atoms with Gasteiger partial charge in [-0.05, 0) is 37.1 Å². The van der Waals surface area contributed by atoms with E-state index in [1.54, 1.807) is 33.2 Å². The number of rotatable bonds is 4. The highest BCUT2D eigenvalue weighted by Gasteiger charge is 2.08. The fraction of sp³-hybridized carbons (Fsp3) is 0.462. The molecule has 0 aliphatic rings. The third-order valence-electron chi connectivity index (χ3n) is 2.53. The lowest BCUT2D eigenvalue weighted by Crippen LogP contribution is -2.27. The Kier molecular flexibility index (Phi) is 4.52. The molecule has 1 N–H and O–H groups in total. The Labute approximate surface area is 102 Å². The molecule has 0 aliphatic heterocycles. The van der Waals surface area contributed by atoms with Gasteiger partial charge in [-0.15, -0.1) is 0 Å². The predicted octanol–water partition coefficient (Wildman–Crippen LogP) is 1.52. The monoisotopic (exact) mass is 237 g/mol. The second kappa shape index (κ2) is 5.68. The number of nitrogens with zero attached hydrogens (tertiary/aromatic N) is 1. The Morgan fingerprint density at radius 2 is 2.12 bits per heavy atom. The van der Waals surface area contributed by atoms with Gasteiger partial charge in [-0.1, -0.05) is 6.07 Å². The van der Waals surface area contributed by atoms with Crippen molar-refractivity contribution in [1.29, 1.82) is 0 Å². The van der Waals surface area contributed by atoms with Gasteiger partial charge in [-0.3, -0.25) is 4.79 Å². The van der Waals surface area contributed by atoms with Gasteiger partial charge in [0.1, 0.15) is 5.75 Å². The van der Waals surface area contributed by atoms with Crippen molar-refractivity contribution in [2.45, 2.75) is 20.0 Å². The molecule has 1 aromatic rings. The van der Waals surface area contributed by atoms with Crippen molar-refractivity contribution in [3.8, 4) is 5.75 Å². The van der Waals surface area contributed by atoms with E-state index in [0.717, 1.165) is 11.1 Å². The minimum Gasteiger partial charge on any atom is -0.484 e. The van der Waals surface area contributed by atoms with E-state index < -0.39 is 6.10 Å². The van der Waals surface area contributed by atoms with Crippen molar-refractivity contribution >= 4 is 5.91 Å². The molecule has 4 heteroatoms. The Bertz CT molecular complexity index is 400. The van der Waals surface area contributed by atoms with Crippen LogP contribution in [0.25, 0.3) is 0 Å². The first-order valence-electron chi connectivity index (χ1n) is 5.53. The van der Waals surface area contributed by atoms with Crippen molar-refractivity contribution < 1.29 is 14.6 Å². The summed E-state index contributed by atoms with van der Waals surface area (Å²) < 4.78 is 5.42. The maximum atomic E-state index is 11.4. The summed E-state index contributed by atoms with van der Waals surface area (Å²) in [5.74, 6) is 0.591. The van der Waals surface area contributed by atoms with Crippen LogP contribution in [0.15, 0.2) is 18.2 Å². The zero-order chi connectivity index (χ0) is 13.0.